The second-order valence-electron chi connectivity index (χ2n) is 5.07. The summed E-state index contributed by atoms with van der Waals surface area (Å²) in [5.41, 5.74) is -0.554. The highest BCUT2D eigenvalue weighted by Crippen LogP contribution is 2.56. The summed E-state index contributed by atoms with van der Waals surface area (Å²) in [7, 11) is 0. The lowest BCUT2D eigenvalue weighted by atomic mass is 9.77. The fraction of sp³-hybridized carbons (Fsp3) is 0.900. The fourth-order valence-corrected chi connectivity index (χ4v) is 3.30. The second kappa shape index (κ2) is 3.47. The molecular weight excluding hydrogens is 198 g/mol. The molecule has 2 unspecified atom stereocenters. The zero-order valence-electron chi connectivity index (χ0n) is 8.52. The van der Waals surface area contributed by atoms with Crippen molar-refractivity contribution >= 4 is 5.97 Å². The monoisotopic (exact) mass is 213 g/mol. The molecule has 0 spiro atoms. The first-order valence-electron chi connectivity index (χ1n) is 5.34. The molecule has 0 aromatic heterocycles. The third kappa shape index (κ3) is 1.96. The van der Waals surface area contributed by atoms with Gasteiger partial charge in [0.1, 0.15) is 0 Å². The van der Waals surface area contributed by atoms with E-state index in [9.17, 15) is 14.9 Å². The molecule has 5 heteroatoms. The number of nitro groups is 1. The summed E-state index contributed by atoms with van der Waals surface area (Å²) in [5.74, 6) is 0.215. The molecule has 0 bridgehead atoms. The maximum atomic E-state index is 10.8. The number of aliphatic carboxylic acids is 1. The fourth-order valence-electron chi connectivity index (χ4n) is 3.30. The summed E-state index contributed by atoms with van der Waals surface area (Å²) in [6, 6.07) is 0. The number of carbonyl (C=O) groups is 1. The van der Waals surface area contributed by atoms with Crippen LogP contribution in [-0.4, -0.2) is 22.5 Å². The van der Waals surface area contributed by atoms with E-state index >= 15 is 0 Å². The van der Waals surface area contributed by atoms with Gasteiger partial charge in [0.2, 0.25) is 6.54 Å². The maximum absolute atomic E-state index is 10.8. The molecule has 5 nitrogen and oxygen atoms in total. The van der Waals surface area contributed by atoms with Gasteiger partial charge in [-0.25, -0.2) is 0 Å². The van der Waals surface area contributed by atoms with Gasteiger partial charge < -0.3 is 5.11 Å². The zero-order chi connectivity index (χ0) is 11.1. The summed E-state index contributed by atoms with van der Waals surface area (Å²) >= 11 is 0. The van der Waals surface area contributed by atoms with Crippen molar-refractivity contribution in [2.24, 2.45) is 17.3 Å². The zero-order valence-corrected chi connectivity index (χ0v) is 8.52. The van der Waals surface area contributed by atoms with Crippen molar-refractivity contribution in [1.29, 1.82) is 0 Å². The third-order valence-corrected chi connectivity index (χ3v) is 3.96. The van der Waals surface area contributed by atoms with Crippen molar-refractivity contribution in [1.82, 2.24) is 0 Å². The van der Waals surface area contributed by atoms with Gasteiger partial charge in [0.15, 0.2) is 0 Å². The van der Waals surface area contributed by atoms with Gasteiger partial charge in [-0.2, -0.15) is 0 Å². The molecule has 84 valence electrons. The number of nitrogens with zero attached hydrogens (tertiary/aromatic N) is 1. The number of hydrogen-bond donors (Lipinski definition) is 1. The Kier molecular flexibility index (Phi) is 2.40. The molecule has 0 aromatic rings. The number of carboxylic acid groups (broad SMARTS) is 1. The van der Waals surface area contributed by atoms with Crippen molar-refractivity contribution in [2.45, 2.75) is 32.1 Å². The average molecular weight is 213 g/mol. The minimum Gasteiger partial charge on any atom is -0.481 e. The summed E-state index contributed by atoms with van der Waals surface area (Å²) in [6.07, 6.45) is 3.70. The van der Waals surface area contributed by atoms with E-state index in [1.165, 1.54) is 0 Å². The van der Waals surface area contributed by atoms with Gasteiger partial charge in [0, 0.05) is 10.3 Å². The Morgan fingerprint density at radius 3 is 2.27 bits per heavy atom. The first-order valence-corrected chi connectivity index (χ1v) is 5.34. The number of rotatable bonds is 4. The van der Waals surface area contributed by atoms with Crippen molar-refractivity contribution in [3.63, 3.8) is 0 Å². The summed E-state index contributed by atoms with van der Waals surface area (Å²) in [4.78, 5) is 21.0. The van der Waals surface area contributed by atoms with E-state index in [4.69, 9.17) is 5.11 Å². The molecule has 0 heterocycles. The molecule has 0 radical (unpaired) electrons. The van der Waals surface area contributed by atoms with Crippen molar-refractivity contribution in [3.8, 4) is 0 Å². The van der Waals surface area contributed by atoms with Gasteiger partial charge >= 0.3 is 5.97 Å². The van der Waals surface area contributed by atoms with Crippen LogP contribution in [-0.2, 0) is 4.79 Å². The van der Waals surface area contributed by atoms with Crippen molar-refractivity contribution in [3.05, 3.63) is 10.1 Å². The maximum Gasteiger partial charge on any atom is 0.304 e. The molecule has 2 aliphatic rings. The Hall–Kier alpha value is -1.13. The summed E-state index contributed by atoms with van der Waals surface area (Å²) < 4.78 is 0. The largest absolute Gasteiger partial charge is 0.481 e. The van der Waals surface area contributed by atoms with Crippen molar-refractivity contribution in [2.75, 3.05) is 6.54 Å². The quantitative estimate of drug-likeness (QED) is 0.567. The molecule has 2 atom stereocenters. The molecule has 2 fully saturated rings. The third-order valence-electron chi connectivity index (χ3n) is 3.96. The van der Waals surface area contributed by atoms with Crippen LogP contribution in [0.4, 0.5) is 0 Å². The molecule has 2 saturated carbocycles. The standard InChI is InChI=1S/C10H15NO4/c12-9(13)5-10(6-11(14)15)3-7-1-2-8(7)4-10/h7-8H,1-6H2,(H,12,13). The van der Waals surface area contributed by atoms with E-state index in [1.807, 2.05) is 0 Å². The second-order valence-corrected chi connectivity index (χ2v) is 5.07. The molecule has 0 aliphatic heterocycles. The molecule has 1 N–H and O–H groups in total. The highest BCUT2D eigenvalue weighted by Gasteiger charge is 2.52. The van der Waals surface area contributed by atoms with Gasteiger partial charge in [0.25, 0.3) is 0 Å². The predicted molar refractivity (Wildman–Crippen MR) is 52.0 cm³/mol. The van der Waals surface area contributed by atoms with Gasteiger partial charge in [-0.05, 0) is 37.5 Å². The molecule has 2 rings (SSSR count). The Morgan fingerprint density at radius 2 is 1.93 bits per heavy atom. The van der Waals surface area contributed by atoms with E-state index in [0.717, 1.165) is 25.7 Å². The Morgan fingerprint density at radius 1 is 1.40 bits per heavy atom. The minimum absolute atomic E-state index is 0.0407. The smallest absolute Gasteiger partial charge is 0.304 e. The van der Waals surface area contributed by atoms with Gasteiger partial charge in [-0.3, -0.25) is 14.9 Å². The highest BCUT2D eigenvalue weighted by molar-refractivity contribution is 5.67. The van der Waals surface area contributed by atoms with E-state index < -0.39 is 11.4 Å². The Labute approximate surface area is 87.6 Å². The average Bonchev–Trinajstić information content (AvgIpc) is 2.26. The first kappa shape index (κ1) is 10.4. The number of fused-ring (bicyclic) bond motifs is 1. The summed E-state index contributed by atoms with van der Waals surface area (Å²) in [5, 5.41) is 19.4. The molecule has 15 heavy (non-hydrogen) atoms. The predicted octanol–water partition coefficient (Wildman–Crippen LogP) is 1.54. The number of carboxylic acids is 1. The topological polar surface area (TPSA) is 80.4 Å². The van der Waals surface area contributed by atoms with Gasteiger partial charge in [-0.1, -0.05) is 0 Å². The molecule has 0 amide bonds. The normalized spacial score (nSPS) is 38.1. The van der Waals surface area contributed by atoms with Crippen LogP contribution >= 0.6 is 0 Å². The van der Waals surface area contributed by atoms with E-state index in [1.54, 1.807) is 0 Å². The van der Waals surface area contributed by atoms with Crippen LogP contribution in [0, 0.1) is 27.4 Å². The molecular formula is C10H15NO4. The molecule has 0 saturated heterocycles. The van der Waals surface area contributed by atoms with Crippen molar-refractivity contribution < 1.29 is 14.8 Å². The Bertz CT molecular complexity index is 272. The van der Waals surface area contributed by atoms with Gasteiger partial charge in [0.05, 0.1) is 6.42 Å². The van der Waals surface area contributed by atoms with Crippen LogP contribution in [0.1, 0.15) is 32.1 Å². The summed E-state index contributed by atoms with van der Waals surface area (Å²) in [6.45, 7) is -0.174. The van der Waals surface area contributed by atoms with Gasteiger partial charge in [-0.15, -0.1) is 0 Å². The van der Waals surface area contributed by atoms with E-state index in [-0.39, 0.29) is 17.9 Å². The number of hydrogen-bond acceptors (Lipinski definition) is 3. The van der Waals surface area contributed by atoms with Crippen LogP contribution in [0.3, 0.4) is 0 Å². The molecule has 0 aromatic carbocycles. The van der Waals surface area contributed by atoms with E-state index in [0.29, 0.717) is 11.8 Å². The minimum atomic E-state index is -0.904. The van der Waals surface area contributed by atoms with E-state index in [2.05, 4.69) is 0 Å². The SMILES string of the molecule is O=C(O)CC1(C[N+](=O)[O-])CC2CCC2C1. The van der Waals surface area contributed by atoms with Crippen LogP contribution in [0.2, 0.25) is 0 Å². The van der Waals surface area contributed by atoms with Crippen LogP contribution in [0.25, 0.3) is 0 Å². The lowest BCUT2D eigenvalue weighted by Crippen LogP contribution is -2.30. The highest BCUT2D eigenvalue weighted by atomic mass is 16.6. The van der Waals surface area contributed by atoms with Crippen LogP contribution < -0.4 is 0 Å². The van der Waals surface area contributed by atoms with Crippen LogP contribution in [0.15, 0.2) is 0 Å². The lowest BCUT2D eigenvalue weighted by Gasteiger charge is -2.29. The first-order chi connectivity index (χ1) is 7.01. The molecule has 2 aliphatic carbocycles. The van der Waals surface area contributed by atoms with Crippen LogP contribution in [0.5, 0.6) is 0 Å². The Balaban J connectivity index is 2.08. The lowest BCUT2D eigenvalue weighted by molar-refractivity contribution is -0.497.